The van der Waals surface area contributed by atoms with Gasteiger partial charge < -0.3 is 14.8 Å². The van der Waals surface area contributed by atoms with E-state index in [9.17, 15) is 4.79 Å². The quantitative estimate of drug-likeness (QED) is 0.673. The van der Waals surface area contributed by atoms with Crippen LogP contribution in [0.25, 0.3) is 0 Å². The number of carbonyl (C=O) groups excluding carboxylic acids is 1. The fourth-order valence-electron chi connectivity index (χ4n) is 2.23. The van der Waals surface area contributed by atoms with Crippen molar-refractivity contribution >= 4 is 5.91 Å². The first kappa shape index (κ1) is 18.9. The summed E-state index contributed by atoms with van der Waals surface area (Å²) in [6.45, 7) is 6.99. The first-order chi connectivity index (χ1) is 12.0. The smallest absolute Gasteiger partial charge is 0.253 e. The Morgan fingerprint density at radius 1 is 1.32 bits per heavy atom. The van der Waals surface area contributed by atoms with E-state index in [0.717, 1.165) is 6.42 Å². The number of H-pyrrole nitrogens is 1. The number of nitrogens with one attached hydrogen (secondary N) is 2. The lowest BCUT2D eigenvalue weighted by Crippen LogP contribution is -2.32. The summed E-state index contributed by atoms with van der Waals surface area (Å²) < 4.78 is 10.4. The van der Waals surface area contributed by atoms with Crippen LogP contribution in [0.2, 0.25) is 0 Å². The number of rotatable bonds is 9. The van der Waals surface area contributed by atoms with Gasteiger partial charge in [0.1, 0.15) is 5.82 Å². The Kier molecular flexibility index (Phi) is 6.88. The highest BCUT2D eigenvalue weighted by molar-refractivity contribution is 5.94. The van der Waals surface area contributed by atoms with E-state index in [1.54, 1.807) is 19.2 Å². The second-order valence-corrected chi connectivity index (χ2v) is 6.05. The molecule has 25 heavy (non-hydrogen) atoms. The molecule has 8 nitrogen and oxygen atoms in total. The minimum Gasteiger partial charge on any atom is -0.478 e. The molecule has 0 aliphatic rings. The Balaban J connectivity index is 1.97. The SMILES string of the molecule is COCCCOc1ccc(C(=O)NC(c2n[nH]c(C)n2)C(C)C)cn1. The van der Waals surface area contributed by atoms with E-state index >= 15 is 0 Å². The fraction of sp³-hybridized carbons (Fsp3) is 0.529. The normalized spacial score (nSPS) is 12.2. The van der Waals surface area contributed by atoms with Crippen LogP contribution < -0.4 is 10.1 Å². The lowest BCUT2D eigenvalue weighted by molar-refractivity contribution is 0.0922. The average molecular weight is 347 g/mol. The van der Waals surface area contributed by atoms with Crippen molar-refractivity contribution in [2.45, 2.75) is 33.2 Å². The maximum absolute atomic E-state index is 12.5. The largest absolute Gasteiger partial charge is 0.478 e. The van der Waals surface area contributed by atoms with E-state index < -0.39 is 0 Å². The van der Waals surface area contributed by atoms with Crippen LogP contribution in [0.5, 0.6) is 5.88 Å². The Hall–Kier alpha value is -2.48. The van der Waals surface area contributed by atoms with E-state index in [1.807, 2.05) is 20.8 Å². The van der Waals surface area contributed by atoms with E-state index in [0.29, 0.717) is 36.3 Å². The van der Waals surface area contributed by atoms with Crippen LogP contribution in [0.1, 0.15) is 48.3 Å². The molecular weight excluding hydrogens is 322 g/mol. The lowest BCUT2D eigenvalue weighted by atomic mass is 10.0. The summed E-state index contributed by atoms with van der Waals surface area (Å²) in [7, 11) is 1.65. The highest BCUT2D eigenvalue weighted by Crippen LogP contribution is 2.19. The minimum atomic E-state index is -0.276. The monoisotopic (exact) mass is 347 g/mol. The topological polar surface area (TPSA) is 102 Å². The molecule has 0 radical (unpaired) electrons. The molecule has 1 amide bonds. The third kappa shape index (κ3) is 5.53. The number of methoxy groups -OCH3 is 1. The van der Waals surface area contributed by atoms with Crippen LogP contribution in [0.15, 0.2) is 18.3 Å². The molecule has 2 heterocycles. The second kappa shape index (κ2) is 9.12. The summed E-state index contributed by atoms with van der Waals surface area (Å²) in [4.78, 5) is 21.0. The zero-order valence-corrected chi connectivity index (χ0v) is 15.1. The number of ether oxygens (including phenoxy) is 2. The van der Waals surface area contributed by atoms with Gasteiger partial charge in [0, 0.05) is 32.4 Å². The molecule has 1 unspecified atom stereocenters. The number of nitrogens with zero attached hydrogens (tertiary/aromatic N) is 3. The summed E-state index contributed by atoms with van der Waals surface area (Å²) in [5.74, 6) is 1.70. The number of aromatic nitrogens is 4. The molecule has 2 rings (SSSR count). The molecule has 0 fully saturated rings. The van der Waals surface area contributed by atoms with Gasteiger partial charge in [0.2, 0.25) is 5.88 Å². The number of hydrogen-bond donors (Lipinski definition) is 2. The van der Waals surface area contributed by atoms with E-state index in [4.69, 9.17) is 9.47 Å². The fourth-order valence-corrected chi connectivity index (χ4v) is 2.23. The third-order valence-corrected chi connectivity index (χ3v) is 3.59. The van der Waals surface area contributed by atoms with Crippen LogP contribution in [-0.4, -0.2) is 46.4 Å². The van der Waals surface area contributed by atoms with Gasteiger partial charge in [0.15, 0.2) is 5.82 Å². The molecular formula is C17H25N5O3. The highest BCUT2D eigenvalue weighted by atomic mass is 16.5. The van der Waals surface area contributed by atoms with Crippen molar-refractivity contribution in [2.24, 2.45) is 5.92 Å². The molecule has 8 heteroatoms. The zero-order valence-electron chi connectivity index (χ0n) is 15.1. The van der Waals surface area contributed by atoms with Gasteiger partial charge in [0.05, 0.1) is 18.2 Å². The minimum absolute atomic E-state index is 0.149. The van der Waals surface area contributed by atoms with Crippen molar-refractivity contribution in [2.75, 3.05) is 20.3 Å². The van der Waals surface area contributed by atoms with Crippen LogP contribution in [0, 0.1) is 12.8 Å². The van der Waals surface area contributed by atoms with Gasteiger partial charge in [-0.05, 0) is 18.9 Å². The van der Waals surface area contributed by atoms with Crippen molar-refractivity contribution < 1.29 is 14.3 Å². The summed E-state index contributed by atoms with van der Waals surface area (Å²) in [5.41, 5.74) is 0.460. The zero-order chi connectivity index (χ0) is 18.2. The van der Waals surface area contributed by atoms with Crippen molar-refractivity contribution in [3.63, 3.8) is 0 Å². The molecule has 136 valence electrons. The maximum atomic E-state index is 12.5. The number of aryl methyl sites for hydroxylation is 1. The van der Waals surface area contributed by atoms with Gasteiger partial charge in [-0.25, -0.2) is 9.97 Å². The molecule has 2 aromatic heterocycles. The van der Waals surface area contributed by atoms with E-state index in [2.05, 4.69) is 25.5 Å². The molecule has 0 aliphatic heterocycles. The number of aromatic amines is 1. The highest BCUT2D eigenvalue weighted by Gasteiger charge is 2.23. The lowest BCUT2D eigenvalue weighted by Gasteiger charge is -2.19. The summed E-state index contributed by atoms with van der Waals surface area (Å²) in [6.07, 6.45) is 2.29. The van der Waals surface area contributed by atoms with Crippen LogP contribution in [-0.2, 0) is 4.74 Å². The second-order valence-electron chi connectivity index (χ2n) is 6.05. The van der Waals surface area contributed by atoms with Crippen molar-refractivity contribution in [1.82, 2.24) is 25.5 Å². The van der Waals surface area contributed by atoms with Gasteiger partial charge in [-0.3, -0.25) is 9.89 Å². The van der Waals surface area contributed by atoms with Gasteiger partial charge in [-0.15, -0.1) is 0 Å². The molecule has 0 aromatic carbocycles. The standard InChI is InChI=1S/C17H25N5O3/c1-11(2)15(16-19-12(3)21-22-16)20-17(23)13-6-7-14(18-10-13)25-9-5-8-24-4/h6-7,10-11,15H,5,8-9H2,1-4H3,(H,20,23)(H,19,21,22). The molecule has 0 saturated carbocycles. The summed E-state index contributed by atoms with van der Waals surface area (Å²) in [5, 5.41) is 9.91. The molecule has 1 atom stereocenters. The third-order valence-electron chi connectivity index (χ3n) is 3.59. The van der Waals surface area contributed by atoms with Crippen LogP contribution in [0.4, 0.5) is 0 Å². The van der Waals surface area contributed by atoms with Gasteiger partial charge in [-0.2, -0.15) is 5.10 Å². The maximum Gasteiger partial charge on any atom is 0.253 e. The summed E-state index contributed by atoms with van der Waals surface area (Å²) in [6, 6.07) is 3.10. The van der Waals surface area contributed by atoms with Crippen molar-refractivity contribution in [3.05, 3.63) is 35.5 Å². The van der Waals surface area contributed by atoms with Crippen LogP contribution >= 0.6 is 0 Å². The van der Waals surface area contributed by atoms with Gasteiger partial charge in [-0.1, -0.05) is 13.8 Å². The predicted molar refractivity (Wildman–Crippen MR) is 92.4 cm³/mol. The first-order valence-corrected chi connectivity index (χ1v) is 8.28. The Bertz CT molecular complexity index is 669. The molecule has 0 aliphatic carbocycles. The molecule has 0 spiro atoms. The average Bonchev–Trinajstić information content (AvgIpc) is 3.02. The summed E-state index contributed by atoms with van der Waals surface area (Å²) >= 11 is 0. The van der Waals surface area contributed by atoms with Crippen molar-refractivity contribution in [3.8, 4) is 5.88 Å². The first-order valence-electron chi connectivity index (χ1n) is 8.28. The Morgan fingerprint density at radius 3 is 2.68 bits per heavy atom. The number of hydrogen-bond acceptors (Lipinski definition) is 6. The van der Waals surface area contributed by atoms with Gasteiger partial charge in [0.25, 0.3) is 5.91 Å². The number of carbonyl (C=O) groups is 1. The Labute approximate surface area is 147 Å². The molecule has 2 N–H and O–H groups in total. The van der Waals surface area contributed by atoms with E-state index in [-0.39, 0.29) is 17.9 Å². The molecule has 0 saturated heterocycles. The number of amides is 1. The van der Waals surface area contributed by atoms with Crippen LogP contribution in [0.3, 0.4) is 0 Å². The van der Waals surface area contributed by atoms with E-state index in [1.165, 1.54) is 6.20 Å². The van der Waals surface area contributed by atoms with Gasteiger partial charge >= 0.3 is 0 Å². The number of pyridine rings is 1. The predicted octanol–water partition coefficient (Wildman–Crippen LogP) is 2.05. The molecule has 0 bridgehead atoms. The molecule has 2 aromatic rings. The Morgan fingerprint density at radius 2 is 2.12 bits per heavy atom. The van der Waals surface area contributed by atoms with Crippen molar-refractivity contribution in [1.29, 1.82) is 0 Å².